The van der Waals surface area contributed by atoms with E-state index in [0.717, 1.165) is 28.3 Å². The topological polar surface area (TPSA) is 74.5 Å². The zero-order chi connectivity index (χ0) is 16.2. The molecule has 0 unspecified atom stereocenters. The van der Waals surface area contributed by atoms with Crippen molar-refractivity contribution in [3.8, 4) is 6.07 Å². The highest BCUT2D eigenvalue weighted by Crippen LogP contribution is 2.39. The SMILES string of the molecule is CCOC(=O)/C(C#N)=C1\NC(c2ccccc2)=NC2=C1CCS2. The minimum absolute atomic E-state index is 0.00480. The molecule has 1 aromatic carbocycles. The maximum atomic E-state index is 12.1. The van der Waals surface area contributed by atoms with E-state index in [1.54, 1.807) is 18.7 Å². The van der Waals surface area contributed by atoms with Gasteiger partial charge in [-0.15, -0.1) is 11.8 Å². The first-order valence-corrected chi connectivity index (χ1v) is 8.32. The van der Waals surface area contributed by atoms with Gasteiger partial charge < -0.3 is 10.1 Å². The molecule has 6 heteroatoms. The zero-order valence-electron chi connectivity index (χ0n) is 12.6. The summed E-state index contributed by atoms with van der Waals surface area (Å²) >= 11 is 1.64. The van der Waals surface area contributed by atoms with E-state index in [2.05, 4.69) is 10.3 Å². The van der Waals surface area contributed by atoms with E-state index in [-0.39, 0.29) is 12.2 Å². The van der Waals surface area contributed by atoms with Gasteiger partial charge in [-0.2, -0.15) is 5.26 Å². The van der Waals surface area contributed by atoms with Gasteiger partial charge in [-0.1, -0.05) is 30.3 Å². The van der Waals surface area contributed by atoms with Crippen molar-refractivity contribution in [1.82, 2.24) is 5.32 Å². The van der Waals surface area contributed by atoms with Crippen molar-refractivity contribution in [2.45, 2.75) is 13.3 Å². The van der Waals surface area contributed by atoms with Crippen LogP contribution in [-0.2, 0) is 9.53 Å². The number of nitrogens with zero attached hydrogens (tertiary/aromatic N) is 2. The molecule has 0 saturated heterocycles. The molecule has 3 rings (SSSR count). The minimum atomic E-state index is -0.601. The van der Waals surface area contributed by atoms with Crippen LogP contribution in [0.25, 0.3) is 0 Å². The molecule has 0 atom stereocenters. The Morgan fingerprint density at radius 3 is 2.91 bits per heavy atom. The fourth-order valence-electron chi connectivity index (χ4n) is 2.45. The van der Waals surface area contributed by atoms with E-state index in [9.17, 15) is 10.1 Å². The standard InChI is InChI=1S/C17H15N3O2S/c1-2-22-17(21)13(10-18)14-12-8-9-23-16(12)20-15(19-14)11-6-4-3-5-7-11/h3-7H,2,8-9H2,1H3,(H,19,20)/b14-13-. The number of hydrogen-bond donors (Lipinski definition) is 1. The number of benzene rings is 1. The van der Waals surface area contributed by atoms with E-state index >= 15 is 0 Å². The largest absolute Gasteiger partial charge is 0.462 e. The number of carbonyl (C=O) groups excluding carboxylic acids is 1. The Morgan fingerprint density at radius 1 is 1.43 bits per heavy atom. The van der Waals surface area contributed by atoms with Crippen LogP contribution in [-0.4, -0.2) is 24.2 Å². The summed E-state index contributed by atoms with van der Waals surface area (Å²) in [6.45, 7) is 1.95. The number of rotatable bonds is 3. The molecule has 1 aromatic rings. The maximum Gasteiger partial charge on any atom is 0.351 e. The molecule has 0 aliphatic carbocycles. The molecule has 0 spiro atoms. The summed E-state index contributed by atoms with van der Waals surface area (Å²) in [5.74, 6) is 0.935. The fourth-order valence-corrected chi connectivity index (χ4v) is 3.49. The van der Waals surface area contributed by atoms with Gasteiger partial charge in [0.25, 0.3) is 0 Å². The molecular weight excluding hydrogens is 310 g/mol. The van der Waals surface area contributed by atoms with Crippen molar-refractivity contribution in [3.63, 3.8) is 0 Å². The monoisotopic (exact) mass is 325 g/mol. The molecule has 0 amide bonds. The van der Waals surface area contributed by atoms with Gasteiger partial charge in [0.2, 0.25) is 0 Å². The summed E-state index contributed by atoms with van der Waals surface area (Å²) in [5.41, 5.74) is 2.36. The lowest BCUT2D eigenvalue weighted by molar-refractivity contribution is -0.138. The van der Waals surface area contributed by atoms with Crippen LogP contribution >= 0.6 is 11.8 Å². The maximum absolute atomic E-state index is 12.1. The molecule has 2 heterocycles. The molecule has 1 N–H and O–H groups in total. The van der Waals surface area contributed by atoms with E-state index in [0.29, 0.717) is 11.5 Å². The number of thioether (sulfide) groups is 1. The van der Waals surface area contributed by atoms with E-state index < -0.39 is 5.97 Å². The number of amidine groups is 1. The Bertz CT molecular complexity index is 773. The Labute approximate surface area is 138 Å². The third-order valence-corrected chi connectivity index (χ3v) is 4.52. The molecule has 5 nitrogen and oxygen atoms in total. The third-order valence-electron chi connectivity index (χ3n) is 3.50. The van der Waals surface area contributed by atoms with Crippen molar-refractivity contribution < 1.29 is 9.53 Å². The van der Waals surface area contributed by atoms with Gasteiger partial charge in [0.05, 0.1) is 12.3 Å². The van der Waals surface area contributed by atoms with Crippen LogP contribution in [0.4, 0.5) is 0 Å². The predicted molar refractivity (Wildman–Crippen MR) is 89.5 cm³/mol. The summed E-state index contributed by atoms with van der Waals surface area (Å²) in [7, 11) is 0. The fraction of sp³-hybridized carbons (Fsp3) is 0.235. The van der Waals surface area contributed by atoms with Gasteiger partial charge >= 0.3 is 5.97 Å². The first kappa shape index (κ1) is 15.4. The first-order valence-electron chi connectivity index (χ1n) is 7.33. The molecule has 0 aromatic heterocycles. The van der Waals surface area contributed by atoms with Crippen LogP contribution in [0.15, 0.2) is 57.2 Å². The lowest BCUT2D eigenvalue weighted by Gasteiger charge is -2.20. The third kappa shape index (κ3) is 3.01. The quantitative estimate of drug-likeness (QED) is 0.525. The summed E-state index contributed by atoms with van der Waals surface area (Å²) in [4.78, 5) is 16.7. The highest BCUT2D eigenvalue weighted by atomic mass is 32.2. The smallest absolute Gasteiger partial charge is 0.351 e. The molecule has 0 bridgehead atoms. The second-order valence-corrected chi connectivity index (χ2v) is 6.00. The summed E-state index contributed by atoms with van der Waals surface area (Å²) < 4.78 is 5.01. The van der Waals surface area contributed by atoms with Crippen molar-refractivity contribution in [3.05, 3.63) is 57.8 Å². The number of ether oxygens (including phenoxy) is 1. The van der Waals surface area contributed by atoms with Crippen LogP contribution in [0.3, 0.4) is 0 Å². The Morgan fingerprint density at radius 2 is 2.22 bits per heavy atom. The van der Waals surface area contributed by atoms with E-state index in [4.69, 9.17) is 4.74 Å². The van der Waals surface area contributed by atoms with Gasteiger partial charge in [-0.05, 0) is 13.3 Å². The van der Waals surface area contributed by atoms with E-state index in [1.807, 2.05) is 36.4 Å². The van der Waals surface area contributed by atoms with Crippen molar-refractivity contribution in [2.24, 2.45) is 4.99 Å². The molecule has 2 aliphatic heterocycles. The number of nitrogens with one attached hydrogen (secondary N) is 1. The molecule has 2 aliphatic rings. The van der Waals surface area contributed by atoms with Crippen LogP contribution < -0.4 is 5.32 Å². The average Bonchev–Trinajstić information content (AvgIpc) is 3.05. The Balaban J connectivity index is 2.08. The predicted octanol–water partition coefficient (Wildman–Crippen LogP) is 2.73. The van der Waals surface area contributed by atoms with Gasteiger partial charge in [-0.25, -0.2) is 9.79 Å². The van der Waals surface area contributed by atoms with Crippen LogP contribution in [0.1, 0.15) is 18.9 Å². The van der Waals surface area contributed by atoms with Gasteiger partial charge in [-0.3, -0.25) is 0 Å². The number of aliphatic imine (C=N–C) groups is 1. The number of allylic oxidation sites excluding steroid dienone is 1. The van der Waals surface area contributed by atoms with Gasteiger partial charge in [0, 0.05) is 16.9 Å². The molecular formula is C17H15N3O2S. The Hall–Kier alpha value is -2.52. The molecule has 116 valence electrons. The van der Waals surface area contributed by atoms with Crippen LogP contribution in [0.2, 0.25) is 0 Å². The van der Waals surface area contributed by atoms with Gasteiger partial charge in [0.15, 0.2) is 5.57 Å². The Kier molecular flexibility index (Phi) is 4.49. The highest BCUT2D eigenvalue weighted by Gasteiger charge is 2.29. The average molecular weight is 325 g/mol. The minimum Gasteiger partial charge on any atom is -0.462 e. The second-order valence-electron chi connectivity index (χ2n) is 4.92. The van der Waals surface area contributed by atoms with Crippen molar-refractivity contribution in [1.29, 1.82) is 5.26 Å². The number of carbonyl (C=O) groups is 1. The second kappa shape index (κ2) is 6.71. The van der Waals surface area contributed by atoms with E-state index in [1.165, 1.54) is 0 Å². The summed E-state index contributed by atoms with van der Waals surface area (Å²) in [6, 6.07) is 11.6. The lowest BCUT2D eigenvalue weighted by Crippen LogP contribution is -2.30. The number of nitriles is 1. The number of esters is 1. The zero-order valence-corrected chi connectivity index (χ0v) is 13.4. The van der Waals surface area contributed by atoms with Crippen molar-refractivity contribution in [2.75, 3.05) is 12.4 Å². The molecule has 0 fully saturated rings. The van der Waals surface area contributed by atoms with Crippen LogP contribution in [0, 0.1) is 11.3 Å². The number of hydrogen-bond acceptors (Lipinski definition) is 6. The molecule has 23 heavy (non-hydrogen) atoms. The van der Waals surface area contributed by atoms with Crippen LogP contribution in [0.5, 0.6) is 0 Å². The van der Waals surface area contributed by atoms with Crippen molar-refractivity contribution >= 4 is 23.6 Å². The first-order chi connectivity index (χ1) is 11.2. The lowest BCUT2D eigenvalue weighted by atomic mass is 10.0. The molecule has 0 saturated carbocycles. The summed E-state index contributed by atoms with van der Waals surface area (Å²) in [5, 5.41) is 13.5. The normalized spacial score (nSPS) is 18.5. The highest BCUT2D eigenvalue weighted by molar-refractivity contribution is 8.03. The van der Waals surface area contributed by atoms with Gasteiger partial charge in [0.1, 0.15) is 16.9 Å². The molecule has 0 radical (unpaired) electrons. The summed E-state index contributed by atoms with van der Waals surface area (Å²) in [6.07, 6.45) is 0.776.